The third-order valence-corrected chi connectivity index (χ3v) is 6.26. The summed E-state index contributed by atoms with van der Waals surface area (Å²) in [6.45, 7) is 1.07. The largest absolute Gasteiger partial charge is 0.493 e. The third kappa shape index (κ3) is 5.11. The second-order valence-electron chi connectivity index (χ2n) is 8.80. The molecule has 8 nitrogen and oxygen atoms in total. The van der Waals surface area contributed by atoms with Crippen molar-refractivity contribution in [3.63, 3.8) is 0 Å². The summed E-state index contributed by atoms with van der Waals surface area (Å²) in [7, 11) is 5.04. The molecular weight excluding hydrogens is 444 g/mol. The van der Waals surface area contributed by atoms with Crippen LogP contribution >= 0.6 is 0 Å². The Hall–Kier alpha value is -3.94. The SMILES string of the molecule is COc1ccc(C(=O)N2CCC[C@@](C(=O)N(C)C)(c3ccccn3)C2)cc1OCc1ccccn1. The van der Waals surface area contributed by atoms with Gasteiger partial charge in [-0.25, -0.2) is 0 Å². The zero-order chi connectivity index (χ0) is 24.8. The third-order valence-electron chi connectivity index (χ3n) is 6.26. The highest BCUT2D eigenvalue weighted by atomic mass is 16.5. The zero-order valence-corrected chi connectivity index (χ0v) is 20.3. The molecule has 8 heteroatoms. The fourth-order valence-corrected chi connectivity index (χ4v) is 4.54. The standard InChI is InChI=1S/C27H30N4O4/c1-30(2)26(33)27(24-10-5-7-15-29-24)13-8-16-31(19-27)25(32)20-11-12-22(34-3)23(17-20)35-18-21-9-4-6-14-28-21/h4-7,9-12,14-15,17H,8,13,16,18-19H2,1-3H3/t27-/m0/s1. The normalized spacial score (nSPS) is 17.5. The monoisotopic (exact) mass is 474 g/mol. The molecule has 0 N–H and O–H groups in total. The predicted octanol–water partition coefficient (Wildman–Crippen LogP) is 3.33. The van der Waals surface area contributed by atoms with E-state index in [0.717, 1.165) is 5.69 Å². The van der Waals surface area contributed by atoms with Gasteiger partial charge in [-0.2, -0.15) is 0 Å². The second kappa shape index (κ2) is 10.5. The first-order valence-electron chi connectivity index (χ1n) is 11.6. The number of benzene rings is 1. The second-order valence-corrected chi connectivity index (χ2v) is 8.80. The van der Waals surface area contributed by atoms with Crippen molar-refractivity contribution < 1.29 is 19.1 Å². The fourth-order valence-electron chi connectivity index (χ4n) is 4.54. The van der Waals surface area contributed by atoms with Crippen LogP contribution in [0.1, 0.15) is 34.6 Å². The molecule has 1 atom stereocenters. The number of hydrogen-bond acceptors (Lipinski definition) is 6. The molecule has 1 aromatic carbocycles. The number of piperidine rings is 1. The number of ether oxygens (including phenoxy) is 2. The summed E-state index contributed by atoms with van der Waals surface area (Å²) in [6, 6.07) is 16.3. The minimum absolute atomic E-state index is 0.0529. The number of methoxy groups -OCH3 is 1. The number of hydrogen-bond donors (Lipinski definition) is 0. The van der Waals surface area contributed by atoms with Crippen LogP contribution in [0.3, 0.4) is 0 Å². The van der Waals surface area contributed by atoms with Crippen LogP contribution in [0.5, 0.6) is 11.5 Å². The number of aromatic nitrogens is 2. The molecule has 1 aliphatic rings. The van der Waals surface area contributed by atoms with E-state index in [1.165, 1.54) is 0 Å². The molecule has 1 fully saturated rings. The van der Waals surface area contributed by atoms with Crippen molar-refractivity contribution in [2.45, 2.75) is 24.9 Å². The average Bonchev–Trinajstić information content (AvgIpc) is 2.91. The molecule has 0 radical (unpaired) electrons. The van der Waals surface area contributed by atoms with Crippen LogP contribution in [-0.2, 0) is 16.8 Å². The van der Waals surface area contributed by atoms with Gasteiger partial charge in [-0.05, 0) is 55.3 Å². The maximum atomic E-state index is 13.6. The number of amides is 2. The van der Waals surface area contributed by atoms with Crippen LogP contribution in [0.25, 0.3) is 0 Å². The maximum Gasteiger partial charge on any atom is 0.254 e. The highest BCUT2D eigenvalue weighted by molar-refractivity contribution is 5.96. The number of pyridine rings is 2. The van der Waals surface area contributed by atoms with Crippen LogP contribution in [0.15, 0.2) is 67.0 Å². The molecule has 3 heterocycles. The van der Waals surface area contributed by atoms with Crippen LogP contribution in [0.2, 0.25) is 0 Å². The van der Waals surface area contributed by atoms with Crippen LogP contribution in [0.4, 0.5) is 0 Å². The van der Waals surface area contributed by atoms with Gasteiger partial charge in [0.25, 0.3) is 5.91 Å². The van der Waals surface area contributed by atoms with Crippen molar-refractivity contribution in [3.05, 3.63) is 83.9 Å². The molecule has 182 valence electrons. The number of likely N-dealkylation sites (tertiary alicyclic amines) is 1. The van der Waals surface area contributed by atoms with E-state index in [1.807, 2.05) is 36.4 Å². The summed E-state index contributed by atoms with van der Waals surface area (Å²) in [4.78, 5) is 39.1. The van der Waals surface area contributed by atoms with E-state index in [2.05, 4.69) is 9.97 Å². The van der Waals surface area contributed by atoms with Crippen LogP contribution in [-0.4, -0.2) is 65.9 Å². The minimum Gasteiger partial charge on any atom is -0.493 e. The molecule has 0 spiro atoms. The molecule has 4 rings (SSSR count). The lowest BCUT2D eigenvalue weighted by atomic mass is 9.75. The molecule has 0 saturated carbocycles. The smallest absolute Gasteiger partial charge is 0.254 e. The Balaban J connectivity index is 1.60. The Bertz CT molecular complexity index is 1170. The van der Waals surface area contributed by atoms with E-state index >= 15 is 0 Å². The zero-order valence-electron chi connectivity index (χ0n) is 20.3. The van der Waals surface area contributed by atoms with Crippen molar-refractivity contribution in [1.29, 1.82) is 0 Å². The topological polar surface area (TPSA) is 84.9 Å². The summed E-state index contributed by atoms with van der Waals surface area (Å²) in [5.41, 5.74) is 1.04. The van der Waals surface area contributed by atoms with Crippen molar-refractivity contribution in [1.82, 2.24) is 19.8 Å². The molecule has 1 saturated heterocycles. The lowest BCUT2D eigenvalue weighted by molar-refractivity contribution is -0.136. The van der Waals surface area contributed by atoms with Crippen molar-refractivity contribution in [2.75, 3.05) is 34.3 Å². The summed E-state index contributed by atoms with van der Waals surface area (Å²) < 4.78 is 11.4. The Morgan fingerprint density at radius 1 is 1.03 bits per heavy atom. The first kappa shape index (κ1) is 24.2. The van der Waals surface area contributed by atoms with E-state index in [4.69, 9.17) is 9.47 Å². The first-order valence-corrected chi connectivity index (χ1v) is 11.6. The molecule has 0 unspecified atom stereocenters. The van der Waals surface area contributed by atoms with Gasteiger partial charge in [0.1, 0.15) is 12.0 Å². The highest BCUT2D eigenvalue weighted by Crippen LogP contribution is 2.36. The Kier molecular flexibility index (Phi) is 7.29. The van der Waals surface area contributed by atoms with E-state index in [0.29, 0.717) is 42.1 Å². The van der Waals surface area contributed by atoms with E-state index in [1.54, 1.807) is 61.6 Å². The average molecular weight is 475 g/mol. The molecule has 3 aromatic rings. The quantitative estimate of drug-likeness (QED) is 0.522. The predicted molar refractivity (Wildman–Crippen MR) is 131 cm³/mol. The minimum atomic E-state index is -0.885. The molecule has 0 aliphatic carbocycles. The van der Waals surface area contributed by atoms with Gasteiger partial charge in [-0.15, -0.1) is 0 Å². The van der Waals surface area contributed by atoms with Gasteiger partial charge in [0, 0.05) is 45.1 Å². The molecule has 2 amide bonds. The lowest BCUT2D eigenvalue weighted by Gasteiger charge is -2.42. The summed E-state index contributed by atoms with van der Waals surface area (Å²) >= 11 is 0. The van der Waals surface area contributed by atoms with Gasteiger partial charge in [0.2, 0.25) is 5.91 Å². The van der Waals surface area contributed by atoms with Crippen molar-refractivity contribution in [3.8, 4) is 11.5 Å². The highest BCUT2D eigenvalue weighted by Gasteiger charge is 2.47. The number of rotatable bonds is 7. The van der Waals surface area contributed by atoms with Gasteiger partial charge in [-0.3, -0.25) is 19.6 Å². The van der Waals surface area contributed by atoms with Gasteiger partial charge in [0.05, 0.1) is 18.5 Å². The van der Waals surface area contributed by atoms with E-state index in [9.17, 15) is 9.59 Å². The van der Waals surface area contributed by atoms with Crippen molar-refractivity contribution in [2.24, 2.45) is 0 Å². The number of carbonyl (C=O) groups excluding carboxylic acids is 2. The Labute approximate surface area is 205 Å². The lowest BCUT2D eigenvalue weighted by Crippen LogP contribution is -2.56. The molecule has 2 aromatic heterocycles. The number of nitrogens with zero attached hydrogens (tertiary/aromatic N) is 4. The molecule has 0 bridgehead atoms. The first-order chi connectivity index (χ1) is 16.9. The van der Waals surface area contributed by atoms with Crippen LogP contribution < -0.4 is 9.47 Å². The summed E-state index contributed by atoms with van der Waals surface area (Å²) in [5.74, 6) is 0.771. The van der Waals surface area contributed by atoms with Crippen molar-refractivity contribution >= 4 is 11.8 Å². The number of likely N-dealkylation sites (N-methyl/N-ethyl adjacent to an activating group) is 1. The summed E-state index contributed by atoms with van der Waals surface area (Å²) in [5, 5.41) is 0. The van der Waals surface area contributed by atoms with Gasteiger partial charge >= 0.3 is 0 Å². The van der Waals surface area contributed by atoms with E-state index < -0.39 is 5.41 Å². The van der Waals surface area contributed by atoms with Gasteiger partial charge < -0.3 is 19.3 Å². The fraction of sp³-hybridized carbons (Fsp3) is 0.333. The Morgan fingerprint density at radius 2 is 1.80 bits per heavy atom. The van der Waals surface area contributed by atoms with E-state index in [-0.39, 0.29) is 25.0 Å². The molecule has 35 heavy (non-hydrogen) atoms. The molecule has 1 aliphatic heterocycles. The summed E-state index contributed by atoms with van der Waals surface area (Å²) in [6.07, 6.45) is 4.72. The number of carbonyl (C=O) groups is 2. The van der Waals surface area contributed by atoms with Gasteiger partial charge in [0.15, 0.2) is 11.5 Å². The molecular formula is C27H30N4O4. The van der Waals surface area contributed by atoms with Gasteiger partial charge in [-0.1, -0.05) is 12.1 Å². The van der Waals surface area contributed by atoms with Crippen LogP contribution in [0, 0.1) is 0 Å². The maximum absolute atomic E-state index is 13.6. The Morgan fingerprint density at radius 3 is 2.46 bits per heavy atom.